The monoisotopic (exact) mass is 302 g/mol. The van der Waals surface area contributed by atoms with Crippen molar-refractivity contribution >= 4 is 10.8 Å². The van der Waals surface area contributed by atoms with E-state index in [2.05, 4.69) is 66.7 Å². The van der Waals surface area contributed by atoms with Gasteiger partial charge in [0.15, 0.2) is 0 Å². The van der Waals surface area contributed by atoms with Crippen LogP contribution in [0, 0.1) is 0 Å². The maximum absolute atomic E-state index is 10.8. The van der Waals surface area contributed by atoms with E-state index in [1.807, 2.05) is 0 Å². The van der Waals surface area contributed by atoms with Crippen LogP contribution in [-0.2, 0) is 5.60 Å². The van der Waals surface area contributed by atoms with Crippen LogP contribution in [0.1, 0.15) is 37.7 Å². The van der Waals surface area contributed by atoms with E-state index >= 15 is 0 Å². The van der Waals surface area contributed by atoms with Gasteiger partial charge in [0.2, 0.25) is 0 Å². The lowest BCUT2D eigenvalue weighted by Gasteiger charge is -2.32. The maximum atomic E-state index is 10.8. The quantitative estimate of drug-likeness (QED) is 0.647. The number of rotatable bonds is 2. The van der Waals surface area contributed by atoms with E-state index in [-0.39, 0.29) is 0 Å². The summed E-state index contributed by atoms with van der Waals surface area (Å²) >= 11 is 0. The van der Waals surface area contributed by atoms with Crippen molar-refractivity contribution in [3.8, 4) is 11.1 Å². The minimum Gasteiger partial charge on any atom is -0.385 e. The summed E-state index contributed by atoms with van der Waals surface area (Å²) in [7, 11) is 0. The lowest BCUT2D eigenvalue weighted by Crippen LogP contribution is -2.28. The molecule has 0 radical (unpaired) electrons. The minimum absolute atomic E-state index is 0.611. The highest BCUT2D eigenvalue weighted by Crippen LogP contribution is 2.37. The third-order valence-corrected chi connectivity index (χ3v) is 5.19. The molecule has 1 fully saturated rings. The predicted octanol–water partition coefficient (Wildman–Crippen LogP) is 5.66. The van der Waals surface area contributed by atoms with E-state index in [1.54, 1.807) is 0 Å². The van der Waals surface area contributed by atoms with E-state index < -0.39 is 5.60 Å². The summed E-state index contributed by atoms with van der Waals surface area (Å²) in [5.74, 6) is 0. The zero-order valence-electron chi connectivity index (χ0n) is 13.3. The zero-order valence-corrected chi connectivity index (χ0v) is 13.3. The van der Waals surface area contributed by atoms with Crippen LogP contribution in [0.4, 0.5) is 0 Å². The van der Waals surface area contributed by atoms with Gasteiger partial charge in [-0.05, 0) is 46.4 Å². The fourth-order valence-electron chi connectivity index (χ4n) is 3.77. The molecule has 1 aliphatic rings. The van der Waals surface area contributed by atoms with Gasteiger partial charge in [-0.3, -0.25) is 0 Å². The molecule has 23 heavy (non-hydrogen) atoms. The summed E-state index contributed by atoms with van der Waals surface area (Å²) in [5, 5.41) is 13.4. The van der Waals surface area contributed by atoms with Gasteiger partial charge in [-0.25, -0.2) is 0 Å². The first-order valence-electron chi connectivity index (χ1n) is 8.57. The predicted molar refractivity (Wildman–Crippen MR) is 96.4 cm³/mol. The largest absolute Gasteiger partial charge is 0.385 e. The number of hydrogen-bond donors (Lipinski definition) is 1. The number of aliphatic hydroxyl groups is 1. The Bertz CT molecular complexity index is 811. The van der Waals surface area contributed by atoms with Crippen LogP contribution in [0.25, 0.3) is 21.9 Å². The summed E-state index contributed by atoms with van der Waals surface area (Å²) in [6.45, 7) is 0. The van der Waals surface area contributed by atoms with Gasteiger partial charge in [-0.15, -0.1) is 0 Å². The van der Waals surface area contributed by atoms with Crippen LogP contribution in [0.3, 0.4) is 0 Å². The highest BCUT2D eigenvalue weighted by Gasteiger charge is 2.30. The molecule has 1 aliphatic carbocycles. The van der Waals surface area contributed by atoms with Gasteiger partial charge in [0.25, 0.3) is 0 Å². The number of hydrogen-bond acceptors (Lipinski definition) is 1. The van der Waals surface area contributed by atoms with Crippen molar-refractivity contribution in [3.05, 3.63) is 72.3 Å². The Morgan fingerprint density at radius 3 is 2.04 bits per heavy atom. The van der Waals surface area contributed by atoms with Gasteiger partial charge in [-0.2, -0.15) is 0 Å². The molecule has 1 saturated carbocycles. The van der Waals surface area contributed by atoms with Gasteiger partial charge in [0.1, 0.15) is 0 Å². The molecule has 0 unspecified atom stereocenters. The molecular weight excluding hydrogens is 280 g/mol. The van der Waals surface area contributed by atoms with Crippen molar-refractivity contribution in [1.29, 1.82) is 0 Å². The third kappa shape index (κ3) is 2.77. The van der Waals surface area contributed by atoms with Gasteiger partial charge < -0.3 is 5.11 Å². The third-order valence-electron chi connectivity index (χ3n) is 5.19. The van der Waals surface area contributed by atoms with Gasteiger partial charge in [-0.1, -0.05) is 79.9 Å². The lowest BCUT2D eigenvalue weighted by atomic mass is 9.79. The molecule has 116 valence electrons. The second-order valence-electron chi connectivity index (χ2n) is 6.73. The van der Waals surface area contributed by atoms with E-state index in [4.69, 9.17) is 0 Å². The van der Waals surface area contributed by atoms with Crippen molar-refractivity contribution in [2.45, 2.75) is 37.7 Å². The Balaban J connectivity index is 1.66. The molecule has 0 spiro atoms. The molecule has 1 nitrogen and oxygen atoms in total. The zero-order chi connectivity index (χ0) is 15.7. The molecule has 1 N–H and O–H groups in total. The molecule has 0 bridgehead atoms. The molecule has 0 amide bonds. The van der Waals surface area contributed by atoms with Crippen LogP contribution in [0.5, 0.6) is 0 Å². The Labute approximate surface area is 137 Å². The Morgan fingerprint density at radius 2 is 1.30 bits per heavy atom. The summed E-state index contributed by atoms with van der Waals surface area (Å²) in [5.41, 5.74) is 2.90. The second-order valence-corrected chi connectivity index (χ2v) is 6.73. The summed E-state index contributed by atoms with van der Waals surface area (Å²) < 4.78 is 0. The van der Waals surface area contributed by atoms with Crippen molar-refractivity contribution in [1.82, 2.24) is 0 Å². The smallest absolute Gasteiger partial charge is 0.0896 e. The molecule has 1 heteroatoms. The van der Waals surface area contributed by atoms with Gasteiger partial charge in [0.05, 0.1) is 5.60 Å². The SMILES string of the molecule is OC1(c2ccc(-c3ccc4ccccc4c3)cc2)CCCCC1. The summed E-state index contributed by atoms with van der Waals surface area (Å²) in [6, 6.07) is 23.5. The topological polar surface area (TPSA) is 20.2 Å². The Kier molecular flexibility index (Phi) is 3.66. The van der Waals surface area contributed by atoms with Crippen LogP contribution in [0.15, 0.2) is 66.7 Å². The van der Waals surface area contributed by atoms with Crippen molar-refractivity contribution in [2.75, 3.05) is 0 Å². The van der Waals surface area contributed by atoms with Crippen molar-refractivity contribution in [2.24, 2.45) is 0 Å². The maximum Gasteiger partial charge on any atom is 0.0896 e. The lowest BCUT2D eigenvalue weighted by molar-refractivity contribution is -0.000612. The van der Waals surface area contributed by atoms with Crippen molar-refractivity contribution in [3.63, 3.8) is 0 Å². The van der Waals surface area contributed by atoms with Gasteiger partial charge in [0, 0.05) is 0 Å². The standard InChI is InChI=1S/C22H22O/c23-22(14-4-1-5-15-22)21-12-10-18(11-13-21)20-9-8-17-6-2-3-7-19(17)16-20/h2-3,6-13,16,23H,1,4-5,14-15H2. The molecule has 3 aromatic rings. The fourth-order valence-corrected chi connectivity index (χ4v) is 3.77. The number of benzene rings is 3. The Morgan fingerprint density at radius 1 is 0.652 bits per heavy atom. The normalized spacial score (nSPS) is 17.3. The molecule has 3 aromatic carbocycles. The van der Waals surface area contributed by atoms with Gasteiger partial charge >= 0.3 is 0 Å². The minimum atomic E-state index is -0.611. The van der Waals surface area contributed by atoms with Crippen LogP contribution in [0.2, 0.25) is 0 Å². The molecule has 0 aliphatic heterocycles. The van der Waals surface area contributed by atoms with E-state index in [0.717, 1.165) is 31.2 Å². The van der Waals surface area contributed by atoms with E-state index in [1.165, 1.54) is 28.3 Å². The first-order valence-corrected chi connectivity index (χ1v) is 8.57. The first kappa shape index (κ1) is 14.5. The first-order chi connectivity index (χ1) is 11.2. The molecule has 0 heterocycles. The van der Waals surface area contributed by atoms with Crippen LogP contribution < -0.4 is 0 Å². The molecule has 0 atom stereocenters. The van der Waals surface area contributed by atoms with Crippen molar-refractivity contribution < 1.29 is 5.11 Å². The number of fused-ring (bicyclic) bond motifs is 1. The van der Waals surface area contributed by atoms with E-state index in [0.29, 0.717) is 0 Å². The molecule has 0 saturated heterocycles. The average molecular weight is 302 g/mol. The highest BCUT2D eigenvalue weighted by atomic mass is 16.3. The molecule has 0 aromatic heterocycles. The highest BCUT2D eigenvalue weighted by molar-refractivity contribution is 5.87. The Hall–Kier alpha value is -2.12. The van der Waals surface area contributed by atoms with Crippen LogP contribution in [-0.4, -0.2) is 5.11 Å². The average Bonchev–Trinajstić information content (AvgIpc) is 2.62. The molecule has 4 rings (SSSR count). The van der Waals surface area contributed by atoms with E-state index in [9.17, 15) is 5.11 Å². The fraction of sp³-hybridized carbons (Fsp3) is 0.273. The molecular formula is C22H22O. The summed E-state index contributed by atoms with van der Waals surface area (Å²) in [4.78, 5) is 0. The second kappa shape index (κ2) is 5.82. The summed E-state index contributed by atoms with van der Waals surface area (Å²) in [6.07, 6.45) is 5.29. The van der Waals surface area contributed by atoms with Crippen LogP contribution >= 0.6 is 0 Å².